The van der Waals surface area contributed by atoms with Crippen LogP contribution in [0.1, 0.15) is 20.3 Å². The van der Waals surface area contributed by atoms with Gasteiger partial charge in [0.05, 0.1) is 5.75 Å². The van der Waals surface area contributed by atoms with Crippen molar-refractivity contribution < 1.29 is 13.5 Å². The van der Waals surface area contributed by atoms with Crippen LogP contribution in [0.3, 0.4) is 0 Å². The molecule has 1 aliphatic rings. The number of hydrogen-bond donors (Lipinski definition) is 1. The Morgan fingerprint density at radius 3 is 2.54 bits per heavy atom. The van der Waals surface area contributed by atoms with Crippen molar-refractivity contribution in [2.24, 2.45) is 5.92 Å². The molecule has 1 fully saturated rings. The van der Waals surface area contributed by atoms with Gasteiger partial charge in [0.2, 0.25) is 10.0 Å². The summed E-state index contributed by atoms with van der Waals surface area (Å²) in [6.45, 7) is 4.15. The van der Waals surface area contributed by atoms with E-state index < -0.39 is 10.0 Å². The molecule has 1 rings (SSSR count). The Balaban J connectivity index is 2.76. The molecule has 0 aromatic heterocycles. The molecule has 1 saturated heterocycles. The first-order valence-corrected chi connectivity index (χ1v) is 6.24. The van der Waals surface area contributed by atoms with Crippen molar-refractivity contribution >= 4 is 10.0 Å². The first-order chi connectivity index (χ1) is 6.03. The Labute approximate surface area is 79.6 Å². The molecule has 0 bridgehead atoms. The summed E-state index contributed by atoms with van der Waals surface area (Å²) in [7, 11) is -3.07. The Bertz CT molecular complexity index is 263. The summed E-state index contributed by atoms with van der Waals surface area (Å²) in [6.07, 6.45) is 0.775. The quantitative estimate of drug-likeness (QED) is 0.711. The van der Waals surface area contributed by atoms with Gasteiger partial charge in [0.25, 0.3) is 0 Å². The van der Waals surface area contributed by atoms with E-state index in [4.69, 9.17) is 5.11 Å². The van der Waals surface area contributed by atoms with Gasteiger partial charge in [-0.15, -0.1) is 0 Å². The van der Waals surface area contributed by atoms with Crippen LogP contribution in [-0.2, 0) is 10.0 Å². The van der Waals surface area contributed by atoms with Gasteiger partial charge in [0, 0.05) is 19.2 Å². The minimum absolute atomic E-state index is 0.0463. The monoisotopic (exact) mass is 207 g/mol. The SMILES string of the molecule is CCS(=O)(=O)N1CCC(CO)C1C. The van der Waals surface area contributed by atoms with Crippen molar-refractivity contribution in [2.75, 3.05) is 18.9 Å². The summed E-state index contributed by atoms with van der Waals surface area (Å²) in [5, 5.41) is 8.97. The molecule has 2 atom stereocenters. The average molecular weight is 207 g/mol. The van der Waals surface area contributed by atoms with Crippen LogP contribution in [0, 0.1) is 5.92 Å². The highest BCUT2D eigenvalue weighted by atomic mass is 32.2. The molecule has 1 N–H and O–H groups in total. The molecule has 0 aromatic rings. The third kappa shape index (κ3) is 2.03. The van der Waals surface area contributed by atoms with E-state index in [-0.39, 0.29) is 24.3 Å². The molecule has 1 aliphatic heterocycles. The van der Waals surface area contributed by atoms with Gasteiger partial charge < -0.3 is 5.11 Å². The summed E-state index contributed by atoms with van der Waals surface area (Å²) in [5.74, 6) is 0.261. The normalized spacial score (nSPS) is 31.0. The second kappa shape index (κ2) is 3.94. The Morgan fingerprint density at radius 2 is 2.15 bits per heavy atom. The minimum atomic E-state index is -3.07. The van der Waals surface area contributed by atoms with Gasteiger partial charge in [0.15, 0.2) is 0 Å². The van der Waals surface area contributed by atoms with Crippen molar-refractivity contribution in [1.29, 1.82) is 0 Å². The molecule has 5 heteroatoms. The molecule has 4 nitrogen and oxygen atoms in total. The lowest BCUT2D eigenvalue weighted by atomic mass is 10.0. The van der Waals surface area contributed by atoms with E-state index in [1.807, 2.05) is 6.92 Å². The third-order valence-corrected chi connectivity index (χ3v) is 4.77. The second-order valence-electron chi connectivity index (χ2n) is 3.48. The number of aliphatic hydroxyl groups is 1. The number of rotatable bonds is 3. The summed E-state index contributed by atoms with van der Waals surface area (Å²) in [5.41, 5.74) is 0. The van der Waals surface area contributed by atoms with Gasteiger partial charge in [-0.3, -0.25) is 0 Å². The van der Waals surface area contributed by atoms with E-state index in [2.05, 4.69) is 0 Å². The molecule has 13 heavy (non-hydrogen) atoms. The van der Waals surface area contributed by atoms with Crippen LogP contribution >= 0.6 is 0 Å². The van der Waals surface area contributed by atoms with Crippen molar-refractivity contribution in [3.05, 3.63) is 0 Å². The molecule has 0 amide bonds. The second-order valence-corrected chi connectivity index (χ2v) is 5.69. The Morgan fingerprint density at radius 1 is 1.54 bits per heavy atom. The van der Waals surface area contributed by atoms with E-state index in [0.29, 0.717) is 6.54 Å². The maximum atomic E-state index is 11.5. The van der Waals surface area contributed by atoms with Crippen LogP contribution < -0.4 is 0 Å². The maximum Gasteiger partial charge on any atom is 0.214 e. The predicted octanol–water partition coefficient (Wildman–Crippen LogP) is 0.0388. The molecule has 0 spiro atoms. The van der Waals surface area contributed by atoms with E-state index in [9.17, 15) is 8.42 Å². The van der Waals surface area contributed by atoms with Crippen LogP contribution in [0.25, 0.3) is 0 Å². The van der Waals surface area contributed by atoms with Crippen LogP contribution in [0.2, 0.25) is 0 Å². The fraction of sp³-hybridized carbons (Fsp3) is 1.00. The van der Waals surface area contributed by atoms with Crippen molar-refractivity contribution in [3.8, 4) is 0 Å². The van der Waals surface area contributed by atoms with Gasteiger partial charge in [-0.25, -0.2) is 8.42 Å². The van der Waals surface area contributed by atoms with E-state index >= 15 is 0 Å². The van der Waals surface area contributed by atoms with Gasteiger partial charge in [-0.1, -0.05) is 0 Å². The van der Waals surface area contributed by atoms with Crippen LogP contribution in [0.15, 0.2) is 0 Å². The zero-order valence-corrected chi connectivity index (χ0v) is 8.92. The molecule has 0 radical (unpaired) electrons. The lowest BCUT2D eigenvalue weighted by Gasteiger charge is -2.22. The van der Waals surface area contributed by atoms with Gasteiger partial charge in [-0.05, 0) is 26.2 Å². The fourth-order valence-electron chi connectivity index (χ4n) is 1.78. The lowest BCUT2D eigenvalue weighted by Crippen LogP contribution is -2.37. The predicted molar refractivity (Wildman–Crippen MR) is 50.8 cm³/mol. The lowest BCUT2D eigenvalue weighted by molar-refractivity contribution is 0.205. The Kier molecular flexibility index (Phi) is 3.32. The Hall–Kier alpha value is -0.130. The van der Waals surface area contributed by atoms with E-state index in [0.717, 1.165) is 6.42 Å². The molecule has 0 aromatic carbocycles. The summed E-state index contributed by atoms with van der Waals surface area (Å²) in [4.78, 5) is 0. The van der Waals surface area contributed by atoms with E-state index in [1.165, 1.54) is 4.31 Å². The van der Waals surface area contributed by atoms with Gasteiger partial charge >= 0.3 is 0 Å². The van der Waals surface area contributed by atoms with Crippen LogP contribution in [0.5, 0.6) is 0 Å². The summed E-state index contributed by atoms with van der Waals surface area (Å²) < 4.78 is 24.5. The molecular weight excluding hydrogens is 190 g/mol. The first kappa shape index (κ1) is 10.9. The zero-order chi connectivity index (χ0) is 10.1. The standard InChI is InChI=1S/C8H17NO3S/c1-3-13(11,12)9-5-4-8(6-10)7(9)2/h7-8,10H,3-6H2,1-2H3. The first-order valence-electron chi connectivity index (χ1n) is 4.63. The number of aliphatic hydroxyl groups excluding tert-OH is 1. The molecular formula is C8H17NO3S. The zero-order valence-electron chi connectivity index (χ0n) is 8.10. The van der Waals surface area contributed by atoms with E-state index in [1.54, 1.807) is 6.92 Å². The van der Waals surface area contributed by atoms with Gasteiger partial charge in [-0.2, -0.15) is 4.31 Å². The topological polar surface area (TPSA) is 57.6 Å². The highest BCUT2D eigenvalue weighted by Gasteiger charge is 2.36. The van der Waals surface area contributed by atoms with Crippen molar-refractivity contribution in [3.63, 3.8) is 0 Å². The largest absolute Gasteiger partial charge is 0.396 e. The highest BCUT2D eigenvalue weighted by molar-refractivity contribution is 7.89. The fourth-order valence-corrected chi connectivity index (χ4v) is 3.17. The summed E-state index contributed by atoms with van der Waals surface area (Å²) in [6, 6.07) is -0.0463. The number of nitrogens with zero attached hydrogens (tertiary/aromatic N) is 1. The smallest absolute Gasteiger partial charge is 0.214 e. The van der Waals surface area contributed by atoms with Crippen LogP contribution in [0.4, 0.5) is 0 Å². The number of sulfonamides is 1. The van der Waals surface area contributed by atoms with Crippen LogP contribution in [-0.4, -0.2) is 42.8 Å². The molecule has 78 valence electrons. The average Bonchev–Trinajstić information content (AvgIpc) is 2.47. The third-order valence-electron chi connectivity index (χ3n) is 2.81. The molecule has 1 heterocycles. The van der Waals surface area contributed by atoms with Crippen molar-refractivity contribution in [1.82, 2.24) is 4.31 Å². The molecule has 0 aliphatic carbocycles. The maximum absolute atomic E-state index is 11.5. The molecule has 2 unspecified atom stereocenters. The molecule has 0 saturated carbocycles. The summed E-state index contributed by atoms with van der Waals surface area (Å²) >= 11 is 0. The highest BCUT2D eigenvalue weighted by Crippen LogP contribution is 2.26. The van der Waals surface area contributed by atoms with Gasteiger partial charge in [0.1, 0.15) is 0 Å². The minimum Gasteiger partial charge on any atom is -0.396 e. The number of hydrogen-bond acceptors (Lipinski definition) is 3. The van der Waals surface area contributed by atoms with Crippen molar-refractivity contribution in [2.45, 2.75) is 26.3 Å².